The Labute approximate surface area is 138 Å². The van der Waals surface area contributed by atoms with E-state index in [-0.39, 0.29) is 29.1 Å². The number of nitrogens with zero attached hydrogens (tertiary/aromatic N) is 1. The number of anilines is 1. The summed E-state index contributed by atoms with van der Waals surface area (Å²) < 4.78 is 0. The normalized spacial score (nSPS) is 23.7. The van der Waals surface area contributed by atoms with Crippen molar-refractivity contribution in [2.24, 2.45) is 11.8 Å². The van der Waals surface area contributed by atoms with Crippen LogP contribution in [0.2, 0.25) is 0 Å². The van der Waals surface area contributed by atoms with Crippen LogP contribution in [-0.2, 0) is 15.0 Å². The van der Waals surface area contributed by atoms with E-state index < -0.39 is 0 Å². The second-order valence-corrected chi connectivity index (χ2v) is 7.80. The molecule has 1 saturated heterocycles. The van der Waals surface area contributed by atoms with Crippen LogP contribution in [0.1, 0.15) is 45.6 Å². The molecule has 0 radical (unpaired) electrons. The first-order valence-corrected chi connectivity index (χ1v) is 8.56. The lowest BCUT2D eigenvalue weighted by Crippen LogP contribution is -2.30. The summed E-state index contributed by atoms with van der Waals surface area (Å²) in [7, 11) is 0. The minimum atomic E-state index is -0.148. The van der Waals surface area contributed by atoms with E-state index in [1.807, 2.05) is 17.0 Å². The smallest absolute Gasteiger partial charge is 0.228 e. The van der Waals surface area contributed by atoms with Crippen molar-refractivity contribution in [1.29, 1.82) is 0 Å². The van der Waals surface area contributed by atoms with Crippen molar-refractivity contribution in [3.05, 3.63) is 29.8 Å². The quantitative estimate of drug-likeness (QED) is 0.931. The van der Waals surface area contributed by atoms with E-state index in [2.05, 4.69) is 38.2 Å². The van der Waals surface area contributed by atoms with E-state index in [0.29, 0.717) is 6.42 Å². The van der Waals surface area contributed by atoms with E-state index in [4.69, 9.17) is 0 Å². The number of hydrogen-bond donors (Lipinski definition) is 1. The molecular weight excluding hydrogens is 288 g/mol. The van der Waals surface area contributed by atoms with Crippen LogP contribution in [0.4, 0.5) is 5.69 Å². The van der Waals surface area contributed by atoms with Crippen LogP contribution >= 0.6 is 0 Å². The van der Waals surface area contributed by atoms with Crippen molar-refractivity contribution in [2.75, 3.05) is 18.4 Å². The van der Waals surface area contributed by atoms with Crippen molar-refractivity contribution < 1.29 is 9.59 Å². The van der Waals surface area contributed by atoms with Gasteiger partial charge in [0.05, 0.1) is 11.8 Å². The SMILES string of the molecule is CC(C)(C)c1ccc(NC(=O)C2CC2C(=O)N2CCCC2)cc1. The van der Waals surface area contributed by atoms with Crippen LogP contribution in [0.25, 0.3) is 0 Å². The maximum Gasteiger partial charge on any atom is 0.228 e. The second-order valence-electron chi connectivity index (χ2n) is 7.80. The molecule has 1 N–H and O–H groups in total. The number of carbonyl (C=O) groups is 2. The standard InChI is InChI=1S/C19H26N2O2/c1-19(2,3)13-6-8-14(9-7-13)20-17(22)15-12-16(15)18(23)21-10-4-5-11-21/h6-9,15-16H,4-5,10-12H2,1-3H3,(H,20,22). The zero-order valence-corrected chi connectivity index (χ0v) is 14.3. The molecular formula is C19H26N2O2. The summed E-state index contributed by atoms with van der Waals surface area (Å²) in [6.45, 7) is 8.22. The van der Waals surface area contributed by atoms with Gasteiger partial charge in [-0.1, -0.05) is 32.9 Å². The highest BCUT2D eigenvalue weighted by atomic mass is 16.2. The Morgan fingerprint density at radius 3 is 2.22 bits per heavy atom. The molecule has 1 aromatic carbocycles. The van der Waals surface area contributed by atoms with Crippen LogP contribution in [-0.4, -0.2) is 29.8 Å². The van der Waals surface area contributed by atoms with Gasteiger partial charge in [-0.05, 0) is 42.4 Å². The Kier molecular flexibility index (Phi) is 4.17. The topological polar surface area (TPSA) is 49.4 Å². The highest BCUT2D eigenvalue weighted by Crippen LogP contribution is 2.41. The molecule has 3 rings (SSSR count). The molecule has 1 aliphatic heterocycles. The van der Waals surface area contributed by atoms with Crippen LogP contribution in [0.5, 0.6) is 0 Å². The number of nitrogens with one attached hydrogen (secondary N) is 1. The van der Waals surface area contributed by atoms with Crippen LogP contribution < -0.4 is 5.32 Å². The minimum absolute atomic E-state index is 0.0222. The first-order chi connectivity index (χ1) is 10.9. The number of amides is 2. The molecule has 0 bridgehead atoms. The van der Waals surface area contributed by atoms with Gasteiger partial charge in [0.1, 0.15) is 0 Å². The summed E-state index contributed by atoms with van der Waals surface area (Å²) in [5.74, 6) is -0.0934. The molecule has 4 heteroatoms. The van der Waals surface area contributed by atoms with Crippen molar-refractivity contribution in [3.63, 3.8) is 0 Å². The second kappa shape index (κ2) is 5.99. The van der Waals surface area contributed by atoms with E-state index >= 15 is 0 Å². The van der Waals surface area contributed by atoms with Crippen molar-refractivity contribution in [1.82, 2.24) is 4.90 Å². The summed E-state index contributed by atoms with van der Waals surface area (Å²) in [5, 5.41) is 2.95. The summed E-state index contributed by atoms with van der Waals surface area (Å²) in [4.78, 5) is 26.5. The maximum absolute atomic E-state index is 12.3. The summed E-state index contributed by atoms with van der Waals surface area (Å²) in [5.41, 5.74) is 2.15. The fourth-order valence-corrected chi connectivity index (χ4v) is 3.22. The third-order valence-corrected chi connectivity index (χ3v) is 4.88. The van der Waals surface area contributed by atoms with E-state index in [1.165, 1.54) is 5.56 Å². The number of benzene rings is 1. The lowest BCUT2D eigenvalue weighted by atomic mass is 9.87. The molecule has 0 aromatic heterocycles. The van der Waals surface area contributed by atoms with Gasteiger partial charge in [0.2, 0.25) is 11.8 Å². The summed E-state index contributed by atoms with van der Waals surface area (Å²) in [6, 6.07) is 7.99. The molecule has 1 aliphatic carbocycles. The lowest BCUT2D eigenvalue weighted by Gasteiger charge is -2.19. The fourth-order valence-electron chi connectivity index (χ4n) is 3.22. The molecule has 2 unspecified atom stereocenters. The first-order valence-electron chi connectivity index (χ1n) is 8.56. The van der Waals surface area contributed by atoms with E-state index in [9.17, 15) is 9.59 Å². The fraction of sp³-hybridized carbons (Fsp3) is 0.579. The summed E-state index contributed by atoms with van der Waals surface area (Å²) >= 11 is 0. The zero-order chi connectivity index (χ0) is 16.6. The predicted octanol–water partition coefficient (Wildman–Crippen LogP) is 3.18. The van der Waals surface area contributed by atoms with Crippen LogP contribution in [0.3, 0.4) is 0 Å². The molecule has 0 spiro atoms. The zero-order valence-electron chi connectivity index (χ0n) is 14.3. The molecule has 23 heavy (non-hydrogen) atoms. The lowest BCUT2D eigenvalue weighted by molar-refractivity contribution is -0.133. The largest absolute Gasteiger partial charge is 0.342 e. The van der Waals surface area contributed by atoms with E-state index in [1.54, 1.807) is 0 Å². The molecule has 2 aliphatic rings. The van der Waals surface area contributed by atoms with Crippen molar-refractivity contribution in [2.45, 2.75) is 45.4 Å². The van der Waals surface area contributed by atoms with Gasteiger partial charge in [0, 0.05) is 18.8 Å². The molecule has 2 atom stereocenters. The van der Waals surface area contributed by atoms with Crippen molar-refractivity contribution >= 4 is 17.5 Å². The third-order valence-electron chi connectivity index (χ3n) is 4.88. The van der Waals surface area contributed by atoms with Gasteiger partial charge in [-0.15, -0.1) is 0 Å². The average Bonchev–Trinajstić information content (AvgIpc) is 3.11. The van der Waals surface area contributed by atoms with Gasteiger partial charge in [-0.2, -0.15) is 0 Å². The van der Waals surface area contributed by atoms with Gasteiger partial charge in [-0.25, -0.2) is 0 Å². The highest BCUT2D eigenvalue weighted by Gasteiger charge is 2.49. The average molecular weight is 314 g/mol. The summed E-state index contributed by atoms with van der Waals surface area (Å²) in [6.07, 6.45) is 2.88. The monoisotopic (exact) mass is 314 g/mol. The Bertz CT molecular complexity index is 595. The maximum atomic E-state index is 12.3. The Morgan fingerprint density at radius 2 is 1.65 bits per heavy atom. The minimum Gasteiger partial charge on any atom is -0.342 e. The number of likely N-dealkylation sites (tertiary alicyclic amines) is 1. The molecule has 1 aromatic rings. The van der Waals surface area contributed by atoms with Gasteiger partial charge in [0.15, 0.2) is 0 Å². The van der Waals surface area contributed by atoms with Gasteiger partial charge in [-0.3, -0.25) is 9.59 Å². The molecule has 2 amide bonds. The Balaban J connectivity index is 1.55. The van der Waals surface area contributed by atoms with Gasteiger partial charge >= 0.3 is 0 Å². The number of rotatable bonds is 3. The first kappa shape index (κ1) is 16.0. The van der Waals surface area contributed by atoms with Gasteiger partial charge in [0.25, 0.3) is 0 Å². The highest BCUT2D eigenvalue weighted by molar-refractivity contribution is 5.99. The predicted molar refractivity (Wildman–Crippen MR) is 91.2 cm³/mol. The number of carbonyl (C=O) groups excluding carboxylic acids is 2. The number of hydrogen-bond acceptors (Lipinski definition) is 2. The molecule has 1 heterocycles. The molecule has 4 nitrogen and oxygen atoms in total. The Morgan fingerprint density at radius 1 is 1.04 bits per heavy atom. The van der Waals surface area contributed by atoms with Crippen LogP contribution in [0.15, 0.2) is 24.3 Å². The Hall–Kier alpha value is -1.84. The molecule has 1 saturated carbocycles. The molecule has 124 valence electrons. The third kappa shape index (κ3) is 3.57. The molecule has 2 fully saturated rings. The van der Waals surface area contributed by atoms with E-state index in [0.717, 1.165) is 31.6 Å². The van der Waals surface area contributed by atoms with Crippen molar-refractivity contribution in [3.8, 4) is 0 Å². The van der Waals surface area contributed by atoms with Crippen LogP contribution in [0, 0.1) is 11.8 Å². The van der Waals surface area contributed by atoms with Gasteiger partial charge < -0.3 is 10.2 Å².